The van der Waals surface area contributed by atoms with Crippen LogP contribution in [0.2, 0.25) is 0 Å². The monoisotopic (exact) mass is 253 g/mol. The van der Waals surface area contributed by atoms with Crippen LogP contribution in [0.15, 0.2) is 11.1 Å². The van der Waals surface area contributed by atoms with Gasteiger partial charge in [-0.1, -0.05) is 0 Å². The van der Waals surface area contributed by atoms with Crippen molar-refractivity contribution >= 4 is 5.95 Å². The predicted molar refractivity (Wildman–Crippen MR) is 56.9 cm³/mol. The largest absolute Gasteiger partial charge is 0.394 e. The second-order valence-electron chi connectivity index (χ2n) is 3.87. The van der Waals surface area contributed by atoms with E-state index in [-0.39, 0.29) is 12.4 Å². The molecule has 0 aliphatic carbocycles. The van der Waals surface area contributed by atoms with Gasteiger partial charge in [0.2, 0.25) is 11.7 Å². The molecule has 96 valence electrons. The van der Waals surface area contributed by atoms with E-state index in [2.05, 4.69) is 9.97 Å². The number of ether oxygens (including phenoxy) is 1. The highest BCUT2D eigenvalue weighted by atomic mass is 16.6. The molecule has 1 aromatic heterocycles. The number of aromatic nitrogens is 3. The van der Waals surface area contributed by atoms with E-state index in [1.54, 1.807) is 6.07 Å². The quantitative estimate of drug-likeness (QED) is 0.525. The van der Waals surface area contributed by atoms with Crippen LogP contribution < -0.4 is 11.4 Å². The first-order valence-corrected chi connectivity index (χ1v) is 5.12. The van der Waals surface area contributed by atoms with Gasteiger partial charge < -0.3 is 20.7 Å². The normalized spacial score (nSPS) is 31.2. The van der Waals surface area contributed by atoms with E-state index in [0.29, 0.717) is 0 Å². The third-order valence-corrected chi connectivity index (χ3v) is 2.73. The van der Waals surface area contributed by atoms with Gasteiger partial charge >= 0.3 is 5.69 Å². The SMILES string of the molecule is N#C[C@]1(n2cnc(N)nc2=O)C[C@H](O)[C@@H](CO)O1. The van der Waals surface area contributed by atoms with Gasteiger partial charge in [-0.25, -0.2) is 14.3 Å². The van der Waals surface area contributed by atoms with E-state index in [1.165, 1.54) is 0 Å². The number of rotatable bonds is 2. The van der Waals surface area contributed by atoms with E-state index < -0.39 is 30.2 Å². The molecule has 9 heteroatoms. The Morgan fingerprint density at radius 1 is 1.78 bits per heavy atom. The molecule has 1 fully saturated rings. The zero-order valence-corrected chi connectivity index (χ0v) is 9.22. The highest BCUT2D eigenvalue weighted by Gasteiger charge is 2.48. The molecule has 0 radical (unpaired) electrons. The molecular weight excluding hydrogens is 242 g/mol. The maximum Gasteiger partial charge on any atom is 0.355 e. The molecule has 1 aliphatic rings. The lowest BCUT2D eigenvalue weighted by Gasteiger charge is -2.22. The summed E-state index contributed by atoms with van der Waals surface area (Å²) in [5.41, 5.74) is 2.71. The van der Waals surface area contributed by atoms with Crippen LogP contribution in [-0.2, 0) is 10.5 Å². The van der Waals surface area contributed by atoms with Crippen molar-refractivity contribution in [3.63, 3.8) is 0 Å². The Morgan fingerprint density at radius 3 is 3.00 bits per heavy atom. The van der Waals surface area contributed by atoms with Gasteiger partial charge in [0.15, 0.2) is 0 Å². The van der Waals surface area contributed by atoms with Gasteiger partial charge in [-0.15, -0.1) is 0 Å². The maximum atomic E-state index is 11.6. The van der Waals surface area contributed by atoms with Crippen LogP contribution in [0.25, 0.3) is 0 Å². The van der Waals surface area contributed by atoms with Gasteiger partial charge in [0.1, 0.15) is 18.5 Å². The summed E-state index contributed by atoms with van der Waals surface area (Å²) in [4.78, 5) is 18.6. The molecule has 0 saturated carbocycles. The summed E-state index contributed by atoms with van der Waals surface area (Å²) in [5.74, 6) is -0.221. The first-order chi connectivity index (χ1) is 8.52. The van der Waals surface area contributed by atoms with Crippen LogP contribution in [0.4, 0.5) is 5.95 Å². The van der Waals surface area contributed by atoms with Crippen molar-refractivity contribution in [2.24, 2.45) is 0 Å². The number of nitriles is 1. The smallest absolute Gasteiger partial charge is 0.355 e. The summed E-state index contributed by atoms with van der Waals surface area (Å²) in [6, 6.07) is 1.80. The number of nitrogen functional groups attached to an aromatic ring is 1. The lowest BCUT2D eigenvalue weighted by Crippen LogP contribution is -2.42. The topological polar surface area (TPSA) is 147 Å². The van der Waals surface area contributed by atoms with E-state index >= 15 is 0 Å². The van der Waals surface area contributed by atoms with Crippen LogP contribution in [0.5, 0.6) is 0 Å². The van der Waals surface area contributed by atoms with Crippen molar-refractivity contribution in [2.75, 3.05) is 12.3 Å². The molecule has 3 atom stereocenters. The van der Waals surface area contributed by atoms with Crippen LogP contribution in [0.1, 0.15) is 6.42 Å². The number of anilines is 1. The average Bonchev–Trinajstić information content (AvgIpc) is 2.67. The highest BCUT2D eigenvalue weighted by molar-refractivity contribution is 5.13. The second-order valence-corrected chi connectivity index (χ2v) is 3.87. The Balaban J connectivity index is 2.47. The molecular formula is C9H11N5O4. The molecule has 1 aliphatic heterocycles. The Morgan fingerprint density at radius 2 is 2.50 bits per heavy atom. The summed E-state index contributed by atoms with van der Waals surface area (Å²) >= 11 is 0. The van der Waals surface area contributed by atoms with Crippen LogP contribution >= 0.6 is 0 Å². The number of hydrogen-bond donors (Lipinski definition) is 3. The van der Waals surface area contributed by atoms with E-state index in [0.717, 1.165) is 10.9 Å². The molecule has 0 aromatic carbocycles. The Bertz CT molecular complexity index is 553. The third-order valence-electron chi connectivity index (χ3n) is 2.73. The summed E-state index contributed by atoms with van der Waals surface area (Å²) in [7, 11) is 0. The van der Waals surface area contributed by atoms with E-state index in [9.17, 15) is 15.2 Å². The molecule has 4 N–H and O–H groups in total. The third kappa shape index (κ3) is 1.82. The molecule has 0 amide bonds. The molecule has 0 unspecified atom stereocenters. The van der Waals surface area contributed by atoms with Crippen molar-refractivity contribution in [2.45, 2.75) is 24.4 Å². The molecule has 9 nitrogen and oxygen atoms in total. The molecule has 1 saturated heterocycles. The van der Waals surface area contributed by atoms with Crippen molar-refractivity contribution in [3.8, 4) is 6.07 Å². The number of nitrogens with zero attached hydrogens (tertiary/aromatic N) is 4. The second kappa shape index (κ2) is 4.34. The van der Waals surface area contributed by atoms with Gasteiger partial charge in [0.25, 0.3) is 0 Å². The summed E-state index contributed by atoms with van der Waals surface area (Å²) < 4.78 is 6.10. The number of hydrogen-bond acceptors (Lipinski definition) is 8. The van der Waals surface area contributed by atoms with Crippen molar-refractivity contribution in [1.29, 1.82) is 5.26 Å². The van der Waals surface area contributed by atoms with E-state index in [1.807, 2.05) is 0 Å². The Kier molecular flexibility index (Phi) is 3.00. The zero-order valence-electron chi connectivity index (χ0n) is 9.22. The van der Waals surface area contributed by atoms with Crippen LogP contribution in [0.3, 0.4) is 0 Å². The minimum Gasteiger partial charge on any atom is -0.394 e. The van der Waals surface area contributed by atoms with Crippen LogP contribution in [0, 0.1) is 11.3 Å². The number of aliphatic hydroxyl groups excluding tert-OH is 2. The van der Waals surface area contributed by atoms with Crippen molar-refractivity contribution in [1.82, 2.24) is 14.5 Å². The van der Waals surface area contributed by atoms with Gasteiger partial charge in [-0.2, -0.15) is 10.2 Å². The number of nitrogens with two attached hydrogens (primary N) is 1. The summed E-state index contributed by atoms with van der Waals surface area (Å²) in [6.45, 7) is -0.463. The van der Waals surface area contributed by atoms with Gasteiger partial charge in [0, 0.05) is 6.42 Å². The first kappa shape index (κ1) is 12.4. The standard InChI is InChI=1S/C9H11N5O4/c10-3-9(1-5(16)6(2-15)18-9)14-4-12-7(11)13-8(14)17/h4-6,15-16H,1-2H2,(H2,11,13,17)/t5-,6+,9-/m0/s1. The minimum absolute atomic E-state index is 0.165. The number of aliphatic hydroxyl groups is 2. The zero-order chi connectivity index (χ0) is 13.3. The summed E-state index contributed by atoms with van der Waals surface area (Å²) in [6.07, 6.45) is -1.13. The fourth-order valence-electron chi connectivity index (χ4n) is 1.83. The van der Waals surface area contributed by atoms with Crippen molar-refractivity contribution < 1.29 is 14.9 Å². The molecule has 0 spiro atoms. The predicted octanol–water partition coefficient (Wildman–Crippen LogP) is -2.46. The van der Waals surface area contributed by atoms with Crippen molar-refractivity contribution in [3.05, 3.63) is 16.8 Å². The Labute approximate surface area is 101 Å². The molecule has 1 aromatic rings. The van der Waals surface area contributed by atoms with Crippen LogP contribution in [-0.4, -0.2) is 43.6 Å². The lowest BCUT2D eigenvalue weighted by molar-refractivity contribution is -0.0851. The van der Waals surface area contributed by atoms with Gasteiger partial charge in [-0.05, 0) is 0 Å². The molecule has 2 rings (SSSR count). The lowest BCUT2D eigenvalue weighted by atomic mass is 10.1. The minimum atomic E-state index is -1.72. The van der Waals surface area contributed by atoms with E-state index in [4.69, 9.17) is 15.6 Å². The van der Waals surface area contributed by atoms with Gasteiger partial charge in [0.05, 0.1) is 12.7 Å². The molecule has 18 heavy (non-hydrogen) atoms. The fraction of sp³-hybridized carbons (Fsp3) is 0.556. The first-order valence-electron chi connectivity index (χ1n) is 5.12. The molecule has 0 bridgehead atoms. The Hall–Kier alpha value is -2.02. The van der Waals surface area contributed by atoms with Gasteiger partial charge in [-0.3, -0.25) is 0 Å². The molecule has 2 heterocycles. The highest BCUT2D eigenvalue weighted by Crippen LogP contribution is 2.33. The summed E-state index contributed by atoms with van der Waals surface area (Å²) in [5, 5.41) is 27.8. The maximum absolute atomic E-state index is 11.6. The fourth-order valence-corrected chi connectivity index (χ4v) is 1.83. The average molecular weight is 253 g/mol.